The second kappa shape index (κ2) is 5.68. The number of urea groups is 1. The van der Waals surface area contributed by atoms with Crippen LogP contribution in [-0.2, 0) is 0 Å². The van der Waals surface area contributed by atoms with Gasteiger partial charge in [-0.25, -0.2) is 4.79 Å². The third kappa shape index (κ3) is 3.12. The molecule has 4 nitrogen and oxygen atoms in total. The van der Waals surface area contributed by atoms with Crippen molar-refractivity contribution in [3.05, 3.63) is 58.7 Å². The number of nitrogens with one attached hydrogen (secondary N) is 3. The minimum absolute atomic E-state index is 0.344. The normalized spacial score (nSPS) is 10.6. The second-order valence-corrected chi connectivity index (χ2v) is 5.30. The van der Waals surface area contributed by atoms with Gasteiger partial charge in [-0.2, -0.15) is 0 Å². The van der Waals surface area contributed by atoms with Crippen LogP contribution < -0.4 is 10.6 Å². The van der Waals surface area contributed by atoms with Crippen LogP contribution in [0, 0.1) is 0 Å². The molecule has 6 heteroatoms. The van der Waals surface area contributed by atoms with E-state index in [1.54, 1.807) is 18.2 Å². The van der Waals surface area contributed by atoms with E-state index in [0.29, 0.717) is 21.4 Å². The molecule has 3 rings (SSSR count). The Morgan fingerprint density at radius 3 is 2.38 bits per heavy atom. The monoisotopic (exact) mass is 319 g/mol. The largest absolute Gasteiger partial charge is 0.361 e. The lowest BCUT2D eigenvalue weighted by atomic mass is 10.2. The number of aromatic amines is 1. The Morgan fingerprint density at radius 1 is 0.905 bits per heavy atom. The van der Waals surface area contributed by atoms with Gasteiger partial charge < -0.3 is 15.6 Å². The highest BCUT2D eigenvalue weighted by molar-refractivity contribution is 6.42. The number of anilines is 2. The molecule has 0 bridgehead atoms. The summed E-state index contributed by atoms with van der Waals surface area (Å²) in [6, 6.07) is 12.1. The minimum atomic E-state index is -0.344. The summed E-state index contributed by atoms with van der Waals surface area (Å²) in [6.07, 6.45) is 1.85. The van der Waals surface area contributed by atoms with Crippen molar-refractivity contribution in [2.75, 3.05) is 10.6 Å². The summed E-state index contributed by atoms with van der Waals surface area (Å²) >= 11 is 11.7. The summed E-state index contributed by atoms with van der Waals surface area (Å²) in [7, 11) is 0. The molecular weight excluding hydrogens is 309 g/mol. The zero-order chi connectivity index (χ0) is 14.8. The Kier molecular flexibility index (Phi) is 3.73. The number of fused-ring (bicyclic) bond motifs is 1. The summed E-state index contributed by atoms with van der Waals surface area (Å²) in [5, 5.41) is 7.33. The van der Waals surface area contributed by atoms with Crippen LogP contribution in [0.3, 0.4) is 0 Å². The van der Waals surface area contributed by atoms with Crippen LogP contribution in [0.25, 0.3) is 10.9 Å². The summed E-state index contributed by atoms with van der Waals surface area (Å²) in [5.41, 5.74) is 2.30. The zero-order valence-corrected chi connectivity index (χ0v) is 12.3. The van der Waals surface area contributed by atoms with E-state index in [4.69, 9.17) is 23.2 Å². The standard InChI is InChI=1S/C15H11Cl2N3O/c16-12-3-1-11(8-13(12)17)20-15(21)19-10-2-4-14-9(7-10)5-6-18-14/h1-8,18H,(H2,19,20,21). The summed E-state index contributed by atoms with van der Waals surface area (Å²) in [6.45, 7) is 0. The number of benzene rings is 2. The van der Waals surface area contributed by atoms with E-state index < -0.39 is 0 Å². The number of amides is 2. The number of hydrogen-bond donors (Lipinski definition) is 3. The van der Waals surface area contributed by atoms with Crippen LogP contribution in [0.5, 0.6) is 0 Å². The quantitative estimate of drug-likeness (QED) is 0.603. The highest BCUT2D eigenvalue weighted by Crippen LogP contribution is 2.25. The summed E-state index contributed by atoms with van der Waals surface area (Å²) < 4.78 is 0. The maximum absolute atomic E-state index is 11.9. The van der Waals surface area contributed by atoms with Crippen molar-refractivity contribution in [3.8, 4) is 0 Å². The first-order valence-electron chi connectivity index (χ1n) is 6.22. The van der Waals surface area contributed by atoms with Crippen LogP contribution in [0.15, 0.2) is 48.7 Å². The number of rotatable bonds is 2. The maximum atomic E-state index is 11.9. The van der Waals surface area contributed by atoms with Gasteiger partial charge in [-0.3, -0.25) is 0 Å². The van der Waals surface area contributed by atoms with E-state index in [1.165, 1.54) is 0 Å². The van der Waals surface area contributed by atoms with E-state index >= 15 is 0 Å². The lowest BCUT2D eigenvalue weighted by Gasteiger charge is -2.08. The van der Waals surface area contributed by atoms with Crippen molar-refractivity contribution >= 4 is 51.5 Å². The fourth-order valence-corrected chi connectivity index (χ4v) is 2.30. The van der Waals surface area contributed by atoms with E-state index in [0.717, 1.165) is 10.9 Å². The molecule has 2 aromatic carbocycles. The first-order valence-corrected chi connectivity index (χ1v) is 6.97. The molecule has 0 spiro atoms. The highest BCUT2D eigenvalue weighted by atomic mass is 35.5. The average Bonchev–Trinajstić information content (AvgIpc) is 2.90. The third-order valence-corrected chi connectivity index (χ3v) is 3.73. The number of carbonyl (C=O) groups is 1. The lowest BCUT2D eigenvalue weighted by molar-refractivity contribution is 0.262. The van der Waals surface area contributed by atoms with E-state index in [1.807, 2.05) is 30.5 Å². The van der Waals surface area contributed by atoms with Crippen molar-refractivity contribution < 1.29 is 4.79 Å². The number of halogens is 2. The van der Waals surface area contributed by atoms with Crippen LogP contribution in [0.4, 0.5) is 16.2 Å². The van der Waals surface area contributed by atoms with Gasteiger partial charge in [0.25, 0.3) is 0 Å². The fourth-order valence-electron chi connectivity index (χ4n) is 2.00. The van der Waals surface area contributed by atoms with Gasteiger partial charge in [0.2, 0.25) is 0 Å². The molecule has 0 saturated heterocycles. The molecule has 0 fully saturated rings. The second-order valence-electron chi connectivity index (χ2n) is 4.49. The van der Waals surface area contributed by atoms with Gasteiger partial charge in [0.15, 0.2) is 0 Å². The Labute approximate surface area is 131 Å². The zero-order valence-electron chi connectivity index (χ0n) is 10.8. The predicted octanol–water partition coefficient (Wildman–Crippen LogP) is 5.12. The van der Waals surface area contributed by atoms with Crippen molar-refractivity contribution in [3.63, 3.8) is 0 Å². The van der Waals surface area contributed by atoms with Gasteiger partial charge in [-0.1, -0.05) is 23.2 Å². The molecule has 1 aromatic heterocycles. The molecule has 0 unspecified atom stereocenters. The van der Waals surface area contributed by atoms with Crippen LogP contribution in [-0.4, -0.2) is 11.0 Å². The number of H-pyrrole nitrogens is 1. The number of hydrogen-bond acceptors (Lipinski definition) is 1. The average molecular weight is 320 g/mol. The minimum Gasteiger partial charge on any atom is -0.361 e. The molecular formula is C15H11Cl2N3O. The van der Waals surface area contributed by atoms with E-state index in [9.17, 15) is 4.79 Å². The molecule has 3 N–H and O–H groups in total. The van der Waals surface area contributed by atoms with E-state index in [2.05, 4.69) is 15.6 Å². The predicted molar refractivity (Wildman–Crippen MR) is 87.4 cm³/mol. The molecule has 2 amide bonds. The first kappa shape index (κ1) is 13.8. The van der Waals surface area contributed by atoms with Gasteiger partial charge in [0, 0.05) is 28.5 Å². The van der Waals surface area contributed by atoms with Crippen molar-refractivity contribution in [1.82, 2.24) is 4.98 Å². The van der Waals surface area contributed by atoms with Gasteiger partial charge >= 0.3 is 6.03 Å². The first-order chi connectivity index (χ1) is 10.1. The molecule has 0 aliphatic carbocycles. The Morgan fingerprint density at radius 2 is 1.62 bits per heavy atom. The number of aromatic nitrogens is 1. The van der Waals surface area contributed by atoms with Crippen molar-refractivity contribution in [1.29, 1.82) is 0 Å². The molecule has 0 saturated carbocycles. The molecule has 106 valence electrons. The van der Waals surface area contributed by atoms with Crippen LogP contribution in [0.1, 0.15) is 0 Å². The third-order valence-electron chi connectivity index (χ3n) is 2.99. The lowest BCUT2D eigenvalue weighted by Crippen LogP contribution is -2.19. The molecule has 0 atom stereocenters. The Hall–Kier alpha value is -2.17. The van der Waals surface area contributed by atoms with E-state index in [-0.39, 0.29) is 6.03 Å². The molecule has 3 aromatic rings. The van der Waals surface area contributed by atoms with Crippen LogP contribution >= 0.6 is 23.2 Å². The Bertz CT molecular complexity index is 814. The Balaban J connectivity index is 1.71. The maximum Gasteiger partial charge on any atom is 0.323 e. The molecule has 21 heavy (non-hydrogen) atoms. The summed E-state index contributed by atoms with van der Waals surface area (Å²) in [5.74, 6) is 0. The van der Waals surface area contributed by atoms with Crippen molar-refractivity contribution in [2.45, 2.75) is 0 Å². The van der Waals surface area contributed by atoms with Crippen molar-refractivity contribution in [2.24, 2.45) is 0 Å². The SMILES string of the molecule is O=C(Nc1ccc(Cl)c(Cl)c1)Nc1ccc2[nH]ccc2c1. The number of carbonyl (C=O) groups excluding carboxylic acids is 1. The van der Waals surface area contributed by atoms with Gasteiger partial charge in [0.05, 0.1) is 10.0 Å². The summed E-state index contributed by atoms with van der Waals surface area (Å²) in [4.78, 5) is 15.0. The topological polar surface area (TPSA) is 56.9 Å². The fraction of sp³-hybridized carbons (Fsp3) is 0. The molecule has 0 aliphatic rings. The van der Waals surface area contributed by atoms with Crippen LogP contribution in [0.2, 0.25) is 10.0 Å². The van der Waals surface area contributed by atoms with Gasteiger partial charge in [0.1, 0.15) is 0 Å². The molecule has 0 radical (unpaired) electrons. The smallest absolute Gasteiger partial charge is 0.323 e. The van der Waals surface area contributed by atoms with Gasteiger partial charge in [-0.15, -0.1) is 0 Å². The highest BCUT2D eigenvalue weighted by Gasteiger charge is 2.05. The van der Waals surface area contributed by atoms with Gasteiger partial charge in [-0.05, 0) is 42.5 Å². The molecule has 0 aliphatic heterocycles. The molecule has 1 heterocycles.